The van der Waals surface area contributed by atoms with Crippen molar-refractivity contribution in [2.24, 2.45) is 0 Å². The Kier molecular flexibility index (Phi) is 72.1. The van der Waals surface area contributed by atoms with Gasteiger partial charge in [0.1, 0.15) is 19.3 Å². The number of aliphatic hydroxyl groups is 1. The number of rotatable bonds is 78. The third kappa shape index (κ3) is 73.3. The molecule has 100 heavy (non-hydrogen) atoms. The quantitative estimate of drug-likeness (QED) is 0.0169. The van der Waals surface area contributed by atoms with Gasteiger partial charge >= 0.3 is 39.5 Å². The summed E-state index contributed by atoms with van der Waals surface area (Å²) in [5, 5.41) is 10.6. The van der Waals surface area contributed by atoms with Gasteiger partial charge in [-0.25, -0.2) is 28.3 Å². The van der Waals surface area contributed by atoms with Gasteiger partial charge in [0.25, 0.3) is 0 Å². The van der Waals surface area contributed by atoms with E-state index in [0.29, 0.717) is 25.7 Å². The lowest BCUT2D eigenvalue weighted by atomic mass is 10.0. The fourth-order valence-electron chi connectivity index (χ4n) is 11.8. The minimum absolute atomic E-state index is 0.502. The molecule has 0 aromatic heterocycles. The second kappa shape index (κ2) is 74.3. The highest BCUT2D eigenvalue weighted by Gasteiger charge is 2.30. The average Bonchev–Trinajstić information content (AvgIpc) is 1.01. The zero-order valence-electron chi connectivity index (χ0n) is 64.1. The Morgan fingerprint density at radius 3 is 0.660 bits per heavy atom. The summed E-state index contributed by atoms with van der Waals surface area (Å²) in [4.78, 5) is 72.6. The van der Waals surface area contributed by atoms with Gasteiger partial charge in [-0.1, -0.05) is 360 Å². The van der Waals surface area contributed by atoms with E-state index in [0.717, 1.165) is 77.0 Å². The van der Waals surface area contributed by atoms with E-state index in [-0.39, 0.29) is 0 Å². The van der Waals surface area contributed by atoms with Gasteiger partial charge in [-0.15, -0.1) is 0 Å². The fraction of sp³-hybridized carbons (Fsp3) is 0.852. The molecule has 0 radical (unpaired) electrons. The number of esters is 4. The standard InChI is InChI=1S/C81H150O17P2/c1-5-9-13-17-21-25-29-33-37-41-45-49-53-57-61-65-78(83)91-71-76(97-80(85)67-63-59-55-51-47-43-39-35-31-27-23-19-15-11-7-3)73-95-99(87,88)93-69-75(82)70-94-100(89,90)96-74-77(98-81(86)68-64-60-56-52-48-44-40-36-32-28-24-20-16-12-8-4)72-92-79(84)66-62-58-54-50-46-42-38-34-30-26-22-18-14-10-6-2/h61-68,75-77,82H,5-60,69-74H2,1-4H3,(H,87,88)(H,89,90)/t75?,76-,77-/m1/s1. The number of unbranched alkanes of at least 4 members (excludes halogenated alkanes) is 52. The number of phosphoric ester groups is 2. The van der Waals surface area contributed by atoms with Crippen LogP contribution in [-0.4, -0.2) is 96.7 Å². The van der Waals surface area contributed by atoms with Crippen LogP contribution >= 0.6 is 15.6 Å². The van der Waals surface area contributed by atoms with Crippen LogP contribution in [-0.2, 0) is 65.4 Å². The summed E-state index contributed by atoms with van der Waals surface area (Å²) in [7, 11) is -10.0. The number of carbonyl (C=O) groups excluding carboxylic acids is 4. The van der Waals surface area contributed by atoms with Crippen molar-refractivity contribution in [1.29, 1.82) is 0 Å². The third-order valence-corrected chi connectivity index (χ3v) is 19.9. The number of ether oxygens (including phenoxy) is 4. The first-order valence-corrected chi connectivity index (χ1v) is 44.0. The molecule has 0 bridgehead atoms. The van der Waals surface area contributed by atoms with Gasteiger partial charge in [-0.3, -0.25) is 18.1 Å². The lowest BCUT2D eigenvalue weighted by Crippen LogP contribution is -2.29. The average molecular weight is 1460 g/mol. The molecular formula is C81H150O17P2. The van der Waals surface area contributed by atoms with Crippen molar-refractivity contribution in [3.63, 3.8) is 0 Å². The molecule has 0 heterocycles. The summed E-state index contributed by atoms with van der Waals surface area (Å²) in [6.45, 7) is 4.64. The zero-order chi connectivity index (χ0) is 73.2. The van der Waals surface area contributed by atoms with E-state index >= 15 is 0 Å². The number of allylic oxidation sites excluding steroid dienone is 4. The molecule has 2 unspecified atom stereocenters. The molecule has 17 nitrogen and oxygen atoms in total. The first kappa shape index (κ1) is 97.0. The molecule has 0 aliphatic carbocycles. The van der Waals surface area contributed by atoms with E-state index < -0.39 is 97.5 Å². The first-order valence-electron chi connectivity index (χ1n) is 41.0. The topological polar surface area (TPSA) is 237 Å². The first-order chi connectivity index (χ1) is 48.7. The number of hydrogen-bond acceptors (Lipinski definition) is 15. The van der Waals surface area contributed by atoms with Crippen LogP contribution in [0.4, 0.5) is 0 Å². The van der Waals surface area contributed by atoms with Crippen molar-refractivity contribution < 1.29 is 80.2 Å². The molecule has 586 valence electrons. The van der Waals surface area contributed by atoms with Crippen molar-refractivity contribution >= 4 is 39.5 Å². The second-order valence-electron chi connectivity index (χ2n) is 27.9. The molecule has 4 atom stereocenters. The maximum absolute atomic E-state index is 13.1. The van der Waals surface area contributed by atoms with Gasteiger partial charge < -0.3 is 33.8 Å². The van der Waals surface area contributed by atoms with Crippen LogP contribution in [0.2, 0.25) is 0 Å². The SMILES string of the molecule is CCCCCCCCCCCCCCCC=CC(=O)OC[C@H](COP(=O)(O)OCC(O)COP(=O)(O)OC[C@@H](COC(=O)C=CCCCCCCCCCCCCCCC)OC(=O)C=CCCCCCCCCCCCCCCC)OC(=O)C=CCCCCCCCCCCCCCCC. The minimum Gasteiger partial charge on any atom is -0.458 e. The van der Waals surface area contributed by atoms with Gasteiger partial charge in [0.15, 0.2) is 12.2 Å². The molecule has 19 heteroatoms. The summed E-state index contributed by atoms with van der Waals surface area (Å²) in [6.07, 6.45) is 74.3. The number of carbonyl (C=O) groups is 4. The van der Waals surface area contributed by atoms with Gasteiger partial charge in [0, 0.05) is 24.3 Å². The van der Waals surface area contributed by atoms with E-state index in [4.69, 9.17) is 37.0 Å². The zero-order valence-corrected chi connectivity index (χ0v) is 65.9. The van der Waals surface area contributed by atoms with Crippen LogP contribution in [0.25, 0.3) is 0 Å². The van der Waals surface area contributed by atoms with Crippen LogP contribution in [0.15, 0.2) is 48.6 Å². The molecule has 0 saturated carbocycles. The van der Waals surface area contributed by atoms with Crippen molar-refractivity contribution in [2.45, 2.75) is 406 Å². The van der Waals surface area contributed by atoms with Crippen LogP contribution in [0, 0.1) is 0 Å². The smallest absolute Gasteiger partial charge is 0.458 e. The molecule has 0 amide bonds. The van der Waals surface area contributed by atoms with Crippen molar-refractivity contribution in [3.8, 4) is 0 Å². The molecule has 0 saturated heterocycles. The number of aliphatic hydroxyl groups excluding tert-OH is 1. The van der Waals surface area contributed by atoms with Crippen LogP contribution < -0.4 is 0 Å². The van der Waals surface area contributed by atoms with Gasteiger partial charge in [0.05, 0.1) is 26.4 Å². The van der Waals surface area contributed by atoms with Crippen LogP contribution in [0.5, 0.6) is 0 Å². The Hall–Kier alpha value is -2.98. The summed E-state index contributed by atoms with van der Waals surface area (Å²) in [6, 6.07) is 0. The number of phosphoric acid groups is 2. The fourth-order valence-corrected chi connectivity index (χ4v) is 13.3. The molecule has 0 aromatic carbocycles. The summed E-state index contributed by atoms with van der Waals surface area (Å²) >= 11 is 0. The van der Waals surface area contributed by atoms with Crippen LogP contribution in [0.3, 0.4) is 0 Å². The van der Waals surface area contributed by atoms with E-state index in [9.17, 15) is 43.2 Å². The highest BCUT2D eigenvalue weighted by atomic mass is 31.2. The maximum atomic E-state index is 13.1. The summed E-state index contributed by atoms with van der Waals surface area (Å²) in [5.74, 6) is -2.91. The Balaban J connectivity index is 5.41. The molecule has 0 spiro atoms. The van der Waals surface area contributed by atoms with Gasteiger partial charge in [0.2, 0.25) is 0 Å². The van der Waals surface area contributed by atoms with Gasteiger partial charge in [-0.2, -0.15) is 0 Å². The predicted molar refractivity (Wildman–Crippen MR) is 409 cm³/mol. The molecule has 0 rings (SSSR count). The van der Waals surface area contributed by atoms with Crippen molar-refractivity contribution in [2.75, 3.05) is 39.6 Å². The van der Waals surface area contributed by atoms with E-state index in [2.05, 4.69) is 27.7 Å². The Bertz CT molecular complexity index is 1940. The third-order valence-electron chi connectivity index (χ3n) is 18.0. The highest BCUT2D eigenvalue weighted by molar-refractivity contribution is 7.47. The lowest BCUT2D eigenvalue weighted by molar-refractivity contribution is -0.154. The monoisotopic (exact) mass is 1460 g/mol. The van der Waals surface area contributed by atoms with Crippen LogP contribution in [0.1, 0.15) is 387 Å². The normalized spacial score (nSPS) is 14.1. The maximum Gasteiger partial charge on any atom is 0.472 e. The van der Waals surface area contributed by atoms with E-state index in [1.165, 1.54) is 281 Å². The molecule has 0 aromatic rings. The summed E-state index contributed by atoms with van der Waals surface area (Å²) in [5.41, 5.74) is 0. The highest BCUT2D eigenvalue weighted by Crippen LogP contribution is 2.45. The van der Waals surface area contributed by atoms with Crippen molar-refractivity contribution in [3.05, 3.63) is 48.6 Å². The molecule has 0 aliphatic heterocycles. The predicted octanol–water partition coefficient (Wildman–Crippen LogP) is 23.7. The molecule has 0 fully saturated rings. The molecule has 0 aliphatic rings. The Morgan fingerprint density at radius 2 is 0.450 bits per heavy atom. The second-order valence-corrected chi connectivity index (χ2v) is 30.8. The van der Waals surface area contributed by atoms with Crippen molar-refractivity contribution in [1.82, 2.24) is 0 Å². The Morgan fingerprint density at radius 1 is 0.270 bits per heavy atom. The van der Waals surface area contributed by atoms with E-state index in [1.54, 1.807) is 24.3 Å². The largest absolute Gasteiger partial charge is 0.472 e. The number of hydrogen-bond donors (Lipinski definition) is 3. The molecular weight excluding hydrogens is 1310 g/mol. The van der Waals surface area contributed by atoms with Gasteiger partial charge in [-0.05, 0) is 51.4 Å². The Labute approximate surface area is 610 Å². The minimum atomic E-state index is -5.00. The lowest BCUT2D eigenvalue weighted by Gasteiger charge is -2.21. The van der Waals surface area contributed by atoms with E-state index in [1.807, 2.05) is 0 Å². The summed E-state index contributed by atoms with van der Waals surface area (Å²) < 4.78 is 68.1. The molecule has 3 N–H and O–H groups in total.